The number of morpholine rings is 1. The molecule has 2 saturated heterocycles. The number of carboxylic acid groups (broad SMARTS) is 1. The van der Waals surface area contributed by atoms with Gasteiger partial charge in [0.25, 0.3) is 0 Å². The number of ether oxygens (including phenoxy) is 1. The number of carboxylic acids is 1. The van der Waals surface area contributed by atoms with Crippen LogP contribution in [0.3, 0.4) is 0 Å². The van der Waals surface area contributed by atoms with Crippen molar-refractivity contribution in [3.63, 3.8) is 0 Å². The monoisotopic (exact) mass is 286 g/mol. The Bertz CT molecular complexity index is 366. The molecule has 2 aliphatic rings. The Morgan fingerprint density at radius 1 is 1.20 bits per heavy atom. The van der Waals surface area contributed by atoms with Gasteiger partial charge >= 0.3 is 12.0 Å². The van der Waals surface area contributed by atoms with Gasteiger partial charge in [-0.05, 0) is 25.7 Å². The molecule has 2 amide bonds. The highest BCUT2D eigenvalue weighted by molar-refractivity contribution is 5.77. The van der Waals surface area contributed by atoms with E-state index in [1.807, 2.05) is 0 Å². The van der Waals surface area contributed by atoms with Gasteiger partial charge in [0.15, 0.2) is 6.10 Å². The molecule has 2 heterocycles. The van der Waals surface area contributed by atoms with E-state index in [1.165, 1.54) is 0 Å². The zero-order valence-electron chi connectivity index (χ0n) is 11.7. The number of aliphatic carboxylic acids is 1. The Balaban J connectivity index is 1.87. The van der Waals surface area contributed by atoms with Crippen molar-refractivity contribution >= 4 is 12.0 Å². The van der Waals surface area contributed by atoms with E-state index in [4.69, 9.17) is 9.84 Å². The molecule has 2 N–H and O–H groups in total. The second kappa shape index (κ2) is 6.41. The summed E-state index contributed by atoms with van der Waals surface area (Å²) < 4.78 is 5.11. The SMILES string of the molecule is CC(O)C1CCN(C(=O)N2CCOC(C(=O)O)C2)CC1. The first-order valence-electron chi connectivity index (χ1n) is 7.05. The highest BCUT2D eigenvalue weighted by Gasteiger charge is 2.33. The molecule has 2 aliphatic heterocycles. The molecule has 0 aromatic heterocycles. The van der Waals surface area contributed by atoms with Crippen molar-refractivity contribution in [2.75, 3.05) is 32.8 Å². The summed E-state index contributed by atoms with van der Waals surface area (Å²) in [7, 11) is 0. The van der Waals surface area contributed by atoms with E-state index in [2.05, 4.69) is 0 Å². The number of carbonyl (C=O) groups excluding carboxylic acids is 1. The van der Waals surface area contributed by atoms with Crippen LogP contribution in [0.15, 0.2) is 0 Å². The van der Waals surface area contributed by atoms with Crippen molar-refractivity contribution in [2.24, 2.45) is 5.92 Å². The maximum Gasteiger partial charge on any atom is 0.334 e. The van der Waals surface area contributed by atoms with Gasteiger partial charge in [-0.15, -0.1) is 0 Å². The fourth-order valence-electron chi connectivity index (χ4n) is 2.75. The summed E-state index contributed by atoms with van der Waals surface area (Å²) in [6.45, 7) is 3.80. The Labute approximate surface area is 118 Å². The Morgan fingerprint density at radius 3 is 2.40 bits per heavy atom. The summed E-state index contributed by atoms with van der Waals surface area (Å²) >= 11 is 0. The molecule has 0 aromatic rings. The number of piperidine rings is 1. The van der Waals surface area contributed by atoms with Gasteiger partial charge in [0.05, 0.1) is 19.3 Å². The van der Waals surface area contributed by atoms with E-state index in [9.17, 15) is 14.7 Å². The Hall–Kier alpha value is -1.34. The van der Waals surface area contributed by atoms with E-state index in [-0.39, 0.29) is 31.2 Å². The summed E-state index contributed by atoms with van der Waals surface area (Å²) in [5, 5.41) is 18.5. The molecule has 0 bridgehead atoms. The van der Waals surface area contributed by atoms with Crippen molar-refractivity contribution in [1.82, 2.24) is 9.80 Å². The molecule has 2 fully saturated rings. The molecule has 20 heavy (non-hydrogen) atoms. The predicted octanol–water partition coefficient (Wildman–Crippen LogP) is -0.0154. The number of hydrogen-bond acceptors (Lipinski definition) is 4. The van der Waals surface area contributed by atoms with Crippen molar-refractivity contribution in [1.29, 1.82) is 0 Å². The number of nitrogens with zero attached hydrogens (tertiary/aromatic N) is 2. The van der Waals surface area contributed by atoms with Crippen LogP contribution in [0.1, 0.15) is 19.8 Å². The molecular formula is C13H22N2O5. The standard InChI is InChI=1S/C13H22N2O5/c1-9(16)10-2-4-14(5-3-10)13(19)15-6-7-20-11(8-15)12(17)18/h9-11,16H,2-8H2,1H3,(H,17,18). The molecule has 2 unspecified atom stereocenters. The van der Waals surface area contributed by atoms with Gasteiger partial charge in [0, 0.05) is 19.6 Å². The maximum atomic E-state index is 12.3. The van der Waals surface area contributed by atoms with Crippen molar-refractivity contribution in [3.05, 3.63) is 0 Å². The van der Waals surface area contributed by atoms with Crippen molar-refractivity contribution < 1.29 is 24.5 Å². The minimum Gasteiger partial charge on any atom is -0.479 e. The van der Waals surface area contributed by atoms with Crippen LogP contribution in [-0.2, 0) is 9.53 Å². The fourth-order valence-corrected chi connectivity index (χ4v) is 2.75. The largest absolute Gasteiger partial charge is 0.479 e. The lowest BCUT2D eigenvalue weighted by atomic mass is 9.92. The summed E-state index contributed by atoms with van der Waals surface area (Å²) in [5.74, 6) is -0.786. The van der Waals surface area contributed by atoms with Gasteiger partial charge in [0.2, 0.25) is 0 Å². The van der Waals surface area contributed by atoms with Gasteiger partial charge in [-0.1, -0.05) is 0 Å². The number of aliphatic hydroxyl groups is 1. The van der Waals surface area contributed by atoms with E-state index >= 15 is 0 Å². The first kappa shape index (κ1) is 15.1. The molecule has 2 rings (SSSR count). The first-order valence-corrected chi connectivity index (χ1v) is 7.05. The topological polar surface area (TPSA) is 90.3 Å². The van der Waals surface area contributed by atoms with Gasteiger partial charge in [-0.3, -0.25) is 0 Å². The van der Waals surface area contributed by atoms with Gasteiger partial charge < -0.3 is 24.7 Å². The van der Waals surface area contributed by atoms with Crippen LogP contribution in [0.25, 0.3) is 0 Å². The number of urea groups is 1. The number of amides is 2. The Morgan fingerprint density at radius 2 is 1.85 bits per heavy atom. The molecular weight excluding hydrogens is 264 g/mol. The molecule has 0 aromatic carbocycles. The molecule has 7 heteroatoms. The van der Waals surface area contributed by atoms with Crippen LogP contribution in [0.2, 0.25) is 0 Å². The summed E-state index contributed by atoms with van der Waals surface area (Å²) in [4.78, 5) is 26.5. The average Bonchev–Trinajstić information content (AvgIpc) is 2.46. The number of rotatable bonds is 2. The third kappa shape index (κ3) is 3.40. The number of carbonyl (C=O) groups is 2. The van der Waals surface area contributed by atoms with Crippen LogP contribution in [0.5, 0.6) is 0 Å². The summed E-state index contributed by atoms with van der Waals surface area (Å²) in [6.07, 6.45) is 0.307. The van der Waals surface area contributed by atoms with Gasteiger partial charge in [-0.2, -0.15) is 0 Å². The zero-order chi connectivity index (χ0) is 14.7. The quantitative estimate of drug-likeness (QED) is 0.745. The van der Waals surface area contributed by atoms with E-state index in [0.29, 0.717) is 19.6 Å². The van der Waals surface area contributed by atoms with Gasteiger partial charge in [0.1, 0.15) is 0 Å². The minimum absolute atomic E-state index is 0.102. The third-order valence-corrected chi connectivity index (χ3v) is 4.10. The molecule has 0 aliphatic carbocycles. The van der Waals surface area contributed by atoms with Crippen LogP contribution in [0, 0.1) is 5.92 Å². The first-order chi connectivity index (χ1) is 9.49. The highest BCUT2D eigenvalue weighted by atomic mass is 16.5. The lowest BCUT2D eigenvalue weighted by Crippen LogP contribution is -2.54. The Kier molecular flexibility index (Phi) is 4.82. The van der Waals surface area contributed by atoms with Crippen molar-refractivity contribution in [3.8, 4) is 0 Å². The highest BCUT2D eigenvalue weighted by Crippen LogP contribution is 2.21. The lowest BCUT2D eigenvalue weighted by molar-refractivity contribution is -0.154. The predicted molar refractivity (Wildman–Crippen MR) is 70.3 cm³/mol. The van der Waals surface area contributed by atoms with Crippen LogP contribution in [-0.4, -0.2) is 77.0 Å². The normalized spacial score (nSPS) is 26.4. The third-order valence-electron chi connectivity index (χ3n) is 4.10. The molecule has 0 saturated carbocycles. The smallest absolute Gasteiger partial charge is 0.334 e. The fraction of sp³-hybridized carbons (Fsp3) is 0.846. The second-order valence-corrected chi connectivity index (χ2v) is 5.49. The van der Waals surface area contributed by atoms with Crippen LogP contribution >= 0.6 is 0 Å². The van der Waals surface area contributed by atoms with E-state index < -0.39 is 12.1 Å². The number of aliphatic hydroxyl groups excluding tert-OH is 1. The van der Waals surface area contributed by atoms with Crippen molar-refractivity contribution in [2.45, 2.75) is 32.0 Å². The van der Waals surface area contributed by atoms with Crippen LogP contribution < -0.4 is 0 Å². The summed E-state index contributed by atoms with van der Waals surface area (Å²) in [5.41, 5.74) is 0. The molecule has 2 atom stereocenters. The molecule has 0 spiro atoms. The number of hydrogen-bond donors (Lipinski definition) is 2. The molecule has 114 valence electrons. The van der Waals surface area contributed by atoms with Crippen LogP contribution in [0.4, 0.5) is 4.79 Å². The molecule has 7 nitrogen and oxygen atoms in total. The summed E-state index contributed by atoms with van der Waals surface area (Å²) in [6, 6.07) is -0.122. The number of likely N-dealkylation sites (tertiary alicyclic amines) is 1. The second-order valence-electron chi connectivity index (χ2n) is 5.49. The molecule has 0 radical (unpaired) electrons. The average molecular weight is 286 g/mol. The lowest BCUT2D eigenvalue weighted by Gasteiger charge is -2.38. The minimum atomic E-state index is -1.03. The van der Waals surface area contributed by atoms with Gasteiger partial charge in [-0.25, -0.2) is 9.59 Å². The van der Waals surface area contributed by atoms with E-state index in [0.717, 1.165) is 12.8 Å². The zero-order valence-corrected chi connectivity index (χ0v) is 11.7. The van der Waals surface area contributed by atoms with E-state index in [1.54, 1.807) is 16.7 Å². The maximum absolute atomic E-state index is 12.3.